The minimum absolute atomic E-state index is 0.0571. The molecule has 0 spiro atoms. The van der Waals surface area contributed by atoms with E-state index in [1.165, 1.54) is 22.7 Å². The number of aromatic nitrogens is 5. The zero-order chi connectivity index (χ0) is 28.6. The first-order valence-electron chi connectivity index (χ1n) is 12.0. The van der Waals surface area contributed by atoms with E-state index in [9.17, 15) is 27.6 Å². The number of hydrogen-bond acceptors (Lipinski definition) is 7. The van der Waals surface area contributed by atoms with E-state index in [2.05, 4.69) is 20.5 Å². The highest BCUT2D eigenvalue weighted by atomic mass is 35.5. The average Bonchev–Trinajstić information content (AvgIpc) is 3.41. The number of ether oxygens (including phenoxy) is 1. The molecule has 1 atom stereocenters. The molecule has 1 unspecified atom stereocenters. The van der Waals surface area contributed by atoms with Crippen molar-refractivity contribution in [3.8, 4) is 0 Å². The van der Waals surface area contributed by atoms with Crippen molar-refractivity contribution >= 4 is 40.8 Å². The van der Waals surface area contributed by atoms with Gasteiger partial charge < -0.3 is 19.9 Å². The summed E-state index contributed by atoms with van der Waals surface area (Å²) in [6.07, 6.45) is -3.73. The number of rotatable bonds is 5. The normalized spacial score (nSPS) is 15.0. The van der Waals surface area contributed by atoms with Gasteiger partial charge in [-0.3, -0.25) is 14.3 Å². The third-order valence-corrected chi connectivity index (χ3v) is 6.55. The van der Waals surface area contributed by atoms with E-state index in [1.807, 2.05) is 0 Å². The van der Waals surface area contributed by atoms with Gasteiger partial charge in [-0.05, 0) is 33.8 Å². The summed E-state index contributed by atoms with van der Waals surface area (Å²) in [7, 11) is 0. The molecule has 1 N–H and O–H groups in total. The Morgan fingerprint density at radius 1 is 1.13 bits per heavy atom. The van der Waals surface area contributed by atoms with Gasteiger partial charge in [0.25, 0.3) is 5.91 Å². The molecule has 3 aromatic heterocycles. The van der Waals surface area contributed by atoms with E-state index < -0.39 is 35.6 Å². The van der Waals surface area contributed by atoms with Crippen LogP contribution in [0.15, 0.2) is 12.3 Å². The van der Waals surface area contributed by atoms with Crippen LogP contribution in [-0.2, 0) is 15.7 Å². The van der Waals surface area contributed by atoms with Gasteiger partial charge in [0.15, 0.2) is 11.3 Å². The summed E-state index contributed by atoms with van der Waals surface area (Å²) in [6, 6.07) is 0.0743. The Morgan fingerprint density at radius 3 is 2.38 bits per heavy atom. The van der Waals surface area contributed by atoms with Crippen molar-refractivity contribution in [2.75, 3.05) is 38.1 Å². The molecule has 1 fully saturated rings. The maximum atomic E-state index is 13.5. The predicted octanol–water partition coefficient (Wildman–Crippen LogP) is 3.33. The van der Waals surface area contributed by atoms with Gasteiger partial charge in [0.05, 0.1) is 18.0 Å². The summed E-state index contributed by atoms with van der Waals surface area (Å²) in [5.74, 6) is -1.10. The van der Waals surface area contributed by atoms with Gasteiger partial charge in [-0.2, -0.15) is 23.4 Å². The Kier molecular flexibility index (Phi) is 7.73. The third kappa shape index (κ3) is 5.62. The molecule has 1 aliphatic rings. The van der Waals surface area contributed by atoms with Gasteiger partial charge in [0.1, 0.15) is 16.8 Å². The number of fused-ring (bicyclic) bond motifs is 1. The van der Waals surface area contributed by atoms with Gasteiger partial charge in [-0.15, -0.1) is 0 Å². The van der Waals surface area contributed by atoms with Crippen molar-refractivity contribution in [3.63, 3.8) is 0 Å². The second-order valence-electron chi connectivity index (χ2n) is 8.93. The molecule has 1 saturated heterocycles. The number of anilines is 1. The molecule has 3 aromatic rings. The summed E-state index contributed by atoms with van der Waals surface area (Å²) in [5, 5.41) is 10.3. The van der Waals surface area contributed by atoms with Gasteiger partial charge in [-0.25, -0.2) is 14.3 Å². The molecule has 0 aliphatic carbocycles. The van der Waals surface area contributed by atoms with Crippen LogP contribution in [0, 0.1) is 13.8 Å². The standard InChI is InChI=1S/C23H26ClF3N8O4/c1-5-39-22(38)33-8-6-32(7-9-33)21(37)14(4)34-11-15(13(3)30-34)29-20(36)18-17(24)19-28-12(2)10-16(23(25,26)27)35(19)31-18/h10-11,14H,5-9H2,1-4H3,(H,29,36). The zero-order valence-corrected chi connectivity index (χ0v) is 22.3. The Hall–Kier alpha value is -3.88. The van der Waals surface area contributed by atoms with Crippen LogP contribution >= 0.6 is 11.6 Å². The second kappa shape index (κ2) is 10.7. The molecule has 210 valence electrons. The number of nitrogens with zero attached hydrogens (tertiary/aromatic N) is 7. The molecule has 0 aromatic carbocycles. The Balaban J connectivity index is 1.49. The van der Waals surface area contributed by atoms with Crippen molar-refractivity contribution in [1.82, 2.24) is 34.2 Å². The zero-order valence-electron chi connectivity index (χ0n) is 21.5. The van der Waals surface area contributed by atoms with Gasteiger partial charge in [0.2, 0.25) is 5.91 Å². The molecule has 39 heavy (non-hydrogen) atoms. The lowest BCUT2D eigenvalue weighted by Crippen LogP contribution is -2.52. The smallest absolute Gasteiger partial charge is 0.433 e. The molecule has 12 nitrogen and oxygen atoms in total. The highest BCUT2D eigenvalue weighted by molar-refractivity contribution is 6.37. The summed E-state index contributed by atoms with van der Waals surface area (Å²) >= 11 is 6.21. The van der Waals surface area contributed by atoms with Gasteiger partial charge in [0, 0.05) is 38.1 Å². The second-order valence-corrected chi connectivity index (χ2v) is 9.31. The lowest BCUT2D eigenvalue weighted by atomic mass is 10.2. The molecule has 4 heterocycles. The Bertz CT molecular complexity index is 1430. The number of hydrogen-bond donors (Lipinski definition) is 1. The molecule has 0 radical (unpaired) electrons. The van der Waals surface area contributed by atoms with Gasteiger partial charge >= 0.3 is 12.3 Å². The van der Waals surface area contributed by atoms with Crippen LogP contribution in [-0.4, -0.2) is 84.9 Å². The summed E-state index contributed by atoms with van der Waals surface area (Å²) < 4.78 is 47.4. The number of amides is 3. The first-order valence-corrected chi connectivity index (χ1v) is 12.4. The number of aryl methyl sites for hydroxylation is 2. The molecule has 1 aliphatic heterocycles. The fourth-order valence-electron chi connectivity index (χ4n) is 4.15. The summed E-state index contributed by atoms with van der Waals surface area (Å²) in [6.45, 7) is 7.91. The van der Waals surface area contributed by atoms with Crippen LogP contribution in [0.4, 0.5) is 23.7 Å². The van der Waals surface area contributed by atoms with Crippen LogP contribution in [0.25, 0.3) is 5.65 Å². The van der Waals surface area contributed by atoms with Crippen LogP contribution in [0.3, 0.4) is 0 Å². The van der Waals surface area contributed by atoms with E-state index >= 15 is 0 Å². The quantitative estimate of drug-likeness (QED) is 0.498. The van der Waals surface area contributed by atoms with Crippen molar-refractivity contribution < 1.29 is 32.3 Å². The van der Waals surface area contributed by atoms with Gasteiger partial charge in [-0.1, -0.05) is 11.6 Å². The molecule has 4 rings (SSSR count). The monoisotopic (exact) mass is 570 g/mol. The Morgan fingerprint density at radius 2 is 1.77 bits per heavy atom. The SMILES string of the molecule is CCOC(=O)N1CCN(C(=O)C(C)n2cc(NC(=O)c3nn4c(C(F)(F)F)cc(C)nc4c3Cl)c(C)n2)CC1. The number of piperazine rings is 1. The summed E-state index contributed by atoms with van der Waals surface area (Å²) in [4.78, 5) is 45.0. The topological polar surface area (TPSA) is 127 Å². The van der Waals surface area contributed by atoms with E-state index in [0.29, 0.717) is 36.4 Å². The van der Waals surface area contributed by atoms with Crippen molar-refractivity contribution in [2.24, 2.45) is 0 Å². The number of alkyl halides is 3. The third-order valence-electron chi connectivity index (χ3n) is 6.20. The number of carbonyl (C=O) groups is 3. The Labute approximate surface area is 225 Å². The lowest BCUT2D eigenvalue weighted by molar-refractivity contribution is -0.142. The maximum Gasteiger partial charge on any atom is 0.433 e. The fraction of sp³-hybridized carbons (Fsp3) is 0.478. The molecule has 0 bridgehead atoms. The van der Waals surface area contributed by atoms with Crippen molar-refractivity contribution in [1.29, 1.82) is 0 Å². The number of halogens is 4. The lowest BCUT2D eigenvalue weighted by Gasteiger charge is -2.35. The predicted molar refractivity (Wildman–Crippen MR) is 133 cm³/mol. The molecule has 3 amide bonds. The highest BCUT2D eigenvalue weighted by Crippen LogP contribution is 2.32. The number of carbonyl (C=O) groups excluding carboxylic acids is 3. The first-order chi connectivity index (χ1) is 18.3. The van der Waals surface area contributed by atoms with E-state index in [1.54, 1.807) is 25.7 Å². The minimum Gasteiger partial charge on any atom is -0.450 e. The van der Waals surface area contributed by atoms with E-state index in [4.69, 9.17) is 16.3 Å². The summed E-state index contributed by atoms with van der Waals surface area (Å²) in [5.41, 5.74) is -1.23. The van der Waals surface area contributed by atoms with E-state index in [-0.39, 0.29) is 34.6 Å². The minimum atomic E-state index is -4.75. The van der Waals surface area contributed by atoms with Crippen molar-refractivity contribution in [3.05, 3.63) is 40.1 Å². The molecular weight excluding hydrogens is 545 g/mol. The van der Waals surface area contributed by atoms with Crippen LogP contribution in [0.1, 0.15) is 47.5 Å². The van der Waals surface area contributed by atoms with E-state index in [0.717, 1.165) is 6.07 Å². The van der Waals surface area contributed by atoms with Crippen LogP contribution < -0.4 is 5.32 Å². The molecule has 0 saturated carbocycles. The maximum absolute atomic E-state index is 13.5. The first kappa shape index (κ1) is 28.1. The fourth-order valence-corrected chi connectivity index (χ4v) is 4.39. The molecule has 16 heteroatoms. The largest absolute Gasteiger partial charge is 0.450 e. The van der Waals surface area contributed by atoms with Crippen molar-refractivity contribution in [2.45, 2.75) is 39.9 Å². The number of nitrogens with one attached hydrogen (secondary N) is 1. The molecular formula is C23H26ClF3N8O4. The van der Waals surface area contributed by atoms with Crippen LogP contribution in [0.5, 0.6) is 0 Å². The van der Waals surface area contributed by atoms with Crippen LogP contribution in [0.2, 0.25) is 5.02 Å². The average molecular weight is 571 g/mol. The highest BCUT2D eigenvalue weighted by Gasteiger charge is 2.36.